The van der Waals surface area contributed by atoms with Crippen LogP contribution in [0, 0.1) is 13.8 Å². The number of carbonyl (C=O) groups excluding carboxylic acids is 1. The number of primary amides is 1. The third-order valence-corrected chi connectivity index (χ3v) is 4.58. The van der Waals surface area contributed by atoms with Crippen molar-refractivity contribution in [3.63, 3.8) is 0 Å². The zero-order valence-electron chi connectivity index (χ0n) is 13.2. The SMILES string of the molecule is Cc1noc(C)c1CN1c2ccccc2C(C(N)=O)CC1C. The van der Waals surface area contributed by atoms with Gasteiger partial charge in [0.2, 0.25) is 5.91 Å². The van der Waals surface area contributed by atoms with Gasteiger partial charge in [0.15, 0.2) is 0 Å². The minimum Gasteiger partial charge on any atom is -0.369 e. The van der Waals surface area contributed by atoms with E-state index in [1.54, 1.807) is 0 Å². The minimum absolute atomic E-state index is 0.216. The molecule has 0 spiro atoms. The van der Waals surface area contributed by atoms with Crippen LogP contribution in [0.5, 0.6) is 0 Å². The molecule has 22 heavy (non-hydrogen) atoms. The van der Waals surface area contributed by atoms with Crippen molar-refractivity contribution in [1.29, 1.82) is 0 Å². The number of hydrogen-bond donors (Lipinski definition) is 1. The molecule has 1 aliphatic heterocycles. The molecular formula is C17H21N3O2. The molecule has 1 amide bonds. The molecule has 2 atom stereocenters. The highest BCUT2D eigenvalue weighted by molar-refractivity contribution is 5.85. The van der Waals surface area contributed by atoms with E-state index in [2.05, 4.69) is 23.0 Å². The number of para-hydroxylation sites is 1. The third-order valence-electron chi connectivity index (χ3n) is 4.58. The van der Waals surface area contributed by atoms with Crippen LogP contribution >= 0.6 is 0 Å². The molecule has 5 nitrogen and oxygen atoms in total. The molecule has 0 bridgehead atoms. The molecule has 0 fully saturated rings. The highest BCUT2D eigenvalue weighted by Gasteiger charge is 2.33. The van der Waals surface area contributed by atoms with Crippen LogP contribution < -0.4 is 10.6 Å². The van der Waals surface area contributed by atoms with Gasteiger partial charge < -0.3 is 15.2 Å². The number of benzene rings is 1. The van der Waals surface area contributed by atoms with Gasteiger partial charge in [0.1, 0.15) is 5.76 Å². The quantitative estimate of drug-likeness (QED) is 0.945. The van der Waals surface area contributed by atoms with Crippen LogP contribution in [0.25, 0.3) is 0 Å². The maximum Gasteiger partial charge on any atom is 0.225 e. The van der Waals surface area contributed by atoms with Gasteiger partial charge in [-0.2, -0.15) is 0 Å². The topological polar surface area (TPSA) is 72.4 Å². The average molecular weight is 299 g/mol. The lowest BCUT2D eigenvalue weighted by atomic mass is 9.85. The smallest absolute Gasteiger partial charge is 0.225 e. The van der Waals surface area contributed by atoms with Crippen molar-refractivity contribution >= 4 is 11.6 Å². The van der Waals surface area contributed by atoms with Gasteiger partial charge >= 0.3 is 0 Å². The molecule has 0 saturated carbocycles. The molecule has 2 unspecified atom stereocenters. The van der Waals surface area contributed by atoms with Crippen LogP contribution in [0.3, 0.4) is 0 Å². The van der Waals surface area contributed by atoms with E-state index in [4.69, 9.17) is 10.3 Å². The molecule has 116 valence electrons. The van der Waals surface area contributed by atoms with Gasteiger partial charge in [-0.3, -0.25) is 4.79 Å². The Balaban J connectivity index is 2.01. The Morgan fingerprint density at radius 1 is 1.41 bits per heavy atom. The maximum absolute atomic E-state index is 11.8. The van der Waals surface area contributed by atoms with E-state index in [1.807, 2.05) is 32.0 Å². The van der Waals surface area contributed by atoms with E-state index in [-0.39, 0.29) is 17.9 Å². The van der Waals surface area contributed by atoms with E-state index in [0.29, 0.717) is 0 Å². The van der Waals surface area contributed by atoms with Gasteiger partial charge in [-0.1, -0.05) is 23.4 Å². The van der Waals surface area contributed by atoms with Crippen molar-refractivity contribution in [3.05, 3.63) is 46.8 Å². The number of fused-ring (bicyclic) bond motifs is 1. The van der Waals surface area contributed by atoms with Crippen molar-refractivity contribution in [2.75, 3.05) is 4.90 Å². The van der Waals surface area contributed by atoms with E-state index < -0.39 is 0 Å². The Labute approximate surface area is 130 Å². The molecule has 2 aromatic rings. The fraction of sp³-hybridized carbons (Fsp3) is 0.412. The second-order valence-electron chi connectivity index (χ2n) is 6.03. The number of hydrogen-bond acceptors (Lipinski definition) is 4. The Hall–Kier alpha value is -2.30. The molecular weight excluding hydrogens is 278 g/mol. The van der Waals surface area contributed by atoms with Gasteiger partial charge in [0, 0.05) is 23.8 Å². The second-order valence-corrected chi connectivity index (χ2v) is 6.03. The fourth-order valence-corrected chi connectivity index (χ4v) is 3.28. The lowest BCUT2D eigenvalue weighted by Gasteiger charge is -2.40. The van der Waals surface area contributed by atoms with Crippen molar-refractivity contribution < 1.29 is 9.32 Å². The van der Waals surface area contributed by atoms with E-state index in [1.165, 1.54) is 0 Å². The highest BCUT2D eigenvalue weighted by atomic mass is 16.5. The first-order valence-electron chi connectivity index (χ1n) is 7.55. The van der Waals surface area contributed by atoms with Crippen LogP contribution in [0.15, 0.2) is 28.8 Å². The van der Waals surface area contributed by atoms with Gasteiger partial charge in [-0.05, 0) is 38.8 Å². The van der Waals surface area contributed by atoms with Gasteiger partial charge in [-0.15, -0.1) is 0 Å². The molecule has 1 aromatic heterocycles. The lowest BCUT2D eigenvalue weighted by molar-refractivity contribution is -0.119. The summed E-state index contributed by atoms with van der Waals surface area (Å²) in [6, 6.07) is 8.23. The Kier molecular flexibility index (Phi) is 3.64. The summed E-state index contributed by atoms with van der Waals surface area (Å²) in [4.78, 5) is 14.1. The predicted molar refractivity (Wildman–Crippen MR) is 84.6 cm³/mol. The van der Waals surface area contributed by atoms with Gasteiger partial charge in [0.25, 0.3) is 0 Å². The van der Waals surface area contributed by atoms with Gasteiger partial charge in [0.05, 0.1) is 11.6 Å². The minimum atomic E-state index is -0.253. The van der Waals surface area contributed by atoms with Crippen molar-refractivity contribution in [1.82, 2.24) is 5.16 Å². The number of nitrogens with zero attached hydrogens (tertiary/aromatic N) is 2. The Morgan fingerprint density at radius 2 is 2.14 bits per heavy atom. The van der Waals surface area contributed by atoms with Crippen LogP contribution in [0.2, 0.25) is 0 Å². The van der Waals surface area contributed by atoms with Crippen molar-refractivity contribution in [2.45, 2.75) is 45.7 Å². The standard InChI is InChI=1S/C17H21N3O2/c1-10-8-14(17(18)21)13-6-4-5-7-16(13)20(10)9-15-11(2)19-22-12(15)3/h4-7,10,14H,8-9H2,1-3H3,(H2,18,21). The number of carbonyl (C=O) groups is 1. The number of nitrogens with two attached hydrogens (primary N) is 1. The van der Waals surface area contributed by atoms with Crippen LogP contribution in [0.1, 0.15) is 41.8 Å². The number of aromatic nitrogens is 1. The Bertz CT molecular complexity index is 688. The van der Waals surface area contributed by atoms with Crippen LogP contribution in [0.4, 0.5) is 5.69 Å². The van der Waals surface area contributed by atoms with E-state index in [0.717, 1.165) is 41.2 Å². The summed E-state index contributed by atoms with van der Waals surface area (Å²) in [5.41, 5.74) is 9.71. The van der Waals surface area contributed by atoms with E-state index >= 15 is 0 Å². The highest BCUT2D eigenvalue weighted by Crippen LogP contribution is 2.39. The first-order chi connectivity index (χ1) is 10.5. The molecule has 0 radical (unpaired) electrons. The van der Waals surface area contributed by atoms with Crippen LogP contribution in [-0.2, 0) is 11.3 Å². The fourth-order valence-electron chi connectivity index (χ4n) is 3.28. The zero-order chi connectivity index (χ0) is 15.9. The van der Waals surface area contributed by atoms with Crippen LogP contribution in [-0.4, -0.2) is 17.1 Å². The molecule has 3 rings (SSSR count). The number of aryl methyl sites for hydroxylation is 2. The number of rotatable bonds is 3. The average Bonchev–Trinajstić information content (AvgIpc) is 2.81. The molecule has 2 N–H and O–H groups in total. The maximum atomic E-state index is 11.8. The van der Waals surface area contributed by atoms with Crippen molar-refractivity contribution in [2.24, 2.45) is 5.73 Å². The molecule has 0 saturated heterocycles. The number of anilines is 1. The summed E-state index contributed by atoms with van der Waals surface area (Å²) < 4.78 is 5.27. The first kappa shape index (κ1) is 14.6. The summed E-state index contributed by atoms with van der Waals surface area (Å²) in [5, 5.41) is 4.03. The summed E-state index contributed by atoms with van der Waals surface area (Å²) in [7, 11) is 0. The van der Waals surface area contributed by atoms with Crippen molar-refractivity contribution in [3.8, 4) is 0 Å². The summed E-state index contributed by atoms with van der Waals surface area (Å²) in [5.74, 6) is 0.377. The Morgan fingerprint density at radius 3 is 2.77 bits per heavy atom. The number of amides is 1. The summed E-state index contributed by atoms with van der Waals surface area (Å²) in [6.45, 7) is 6.75. The summed E-state index contributed by atoms with van der Waals surface area (Å²) in [6.07, 6.45) is 0.732. The molecule has 0 aliphatic carbocycles. The zero-order valence-corrected chi connectivity index (χ0v) is 13.2. The van der Waals surface area contributed by atoms with E-state index in [9.17, 15) is 4.79 Å². The predicted octanol–water partition coefficient (Wildman–Crippen LogP) is 2.66. The third kappa shape index (κ3) is 2.36. The first-order valence-corrected chi connectivity index (χ1v) is 7.55. The molecule has 1 aromatic carbocycles. The van der Waals surface area contributed by atoms with Gasteiger partial charge in [-0.25, -0.2) is 0 Å². The largest absolute Gasteiger partial charge is 0.369 e. The monoisotopic (exact) mass is 299 g/mol. The molecule has 5 heteroatoms. The molecule has 1 aliphatic rings. The normalized spacial score (nSPS) is 20.8. The lowest BCUT2D eigenvalue weighted by Crippen LogP contribution is -2.41. The second kappa shape index (κ2) is 5.48. The summed E-state index contributed by atoms with van der Waals surface area (Å²) >= 11 is 0. The molecule has 2 heterocycles.